The topological polar surface area (TPSA) is 58.6 Å². The normalized spacial score (nSPS) is 11.5. The second-order valence-electron chi connectivity index (χ2n) is 6.36. The number of rotatable bonds is 3. The van der Waals surface area contributed by atoms with Crippen LogP contribution >= 0.6 is 0 Å². The largest absolute Gasteiger partial charge is 0.507 e. The van der Waals surface area contributed by atoms with Crippen LogP contribution < -0.4 is 0 Å². The van der Waals surface area contributed by atoms with Crippen molar-refractivity contribution < 1.29 is 9.52 Å². The first-order chi connectivity index (χ1) is 12.6. The number of benzene rings is 3. The number of fused-ring (bicyclic) bond motifs is 1. The van der Waals surface area contributed by atoms with Crippen molar-refractivity contribution in [3.8, 4) is 17.2 Å². The van der Waals surface area contributed by atoms with Crippen molar-refractivity contribution in [2.45, 2.75) is 13.8 Å². The number of oxazole rings is 1. The number of phenolic OH excluding ortho intramolecular Hbond substituents is 1. The van der Waals surface area contributed by atoms with Crippen LogP contribution in [-0.2, 0) is 0 Å². The third-order valence-electron chi connectivity index (χ3n) is 4.17. The molecular formula is C22H18N2O2. The van der Waals surface area contributed by atoms with Gasteiger partial charge in [-0.15, -0.1) is 0 Å². The molecule has 0 saturated carbocycles. The molecule has 4 nitrogen and oxygen atoms in total. The van der Waals surface area contributed by atoms with Gasteiger partial charge in [-0.25, -0.2) is 4.98 Å². The van der Waals surface area contributed by atoms with E-state index in [1.54, 1.807) is 12.3 Å². The molecule has 26 heavy (non-hydrogen) atoms. The van der Waals surface area contributed by atoms with E-state index in [0.717, 1.165) is 33.5 Å². The molecule has 0 atom stereocenters. The summed E-state index contributed by atoms with van der Waals surface area (Å²) in [5.41, 5.74) is 6.10. The Labute approximate surface area is 151 Å². The minimum absolute atomic E-state index is 0.212. The lowest BCUT2D eigenvalue weighted by molar-refractivity contribution is 0.474. The maximum atomic E-state index is 9.92. The van der Waals surface area contributed by atoms with Crippen molar-refractivity contribution in [2.24, 2.45) is 4.99 Å². The molecule has 0 bridgehead atoms. The standard InChI is InChI=1S/C22H18N2O2/c1-14-4-3-5-16(10-14)22-24-19-12-18(7-9-21(19)26-22)23-13-17-11-15(2)6-8-20(17)25/h3-13,25H,1-2H3. The highest BCUT2D eigenvalue weighted by atomic mass is 16.3. The lowest BCUT2D eigenvalue weighted by Gasteiger charge is -2.00. The van der Waals surface area contributed by atoms with Crippen molar-refractivity contribution in [3.05, 3.63) is 77.4 Å². The maximum absolute atomic E-state index is 9.92. The van der Waals surface area contributed by atoms with Crippen molar-refractivity contribution in [1.29, 1.82) is 0 Å². The fourth-order valence-electron chi connectivity index (χ4n) is 2.82. The quantitative estimate of drug-likeness (QED) is 0.495. The first-order valence-electron chi connectivity index (χ1n) is 8.40. The second kappa shape index (κ2) is 6.48. The molecular weight excluding hydrogens is 324 g/mol. The predicted octanol–water partition coefficient (Wildman–Crippen LogP) is 5.57. The van der Waals surface area contributed by atoms with Gasteiger partial charge in [0.2, 0.25) is 5.89 Å². The summed E-state index contributed by atoms with van der Waals surface area (Å²) in [6, 6.07) is 19.1. The number of aryl methyl sites for hydroxylation is 2. The SMILES string of the molecule is Cc1cccc(-c2nc3cc(N=Cc4cc(C)ccc4O)ccc3o2)c1. The van der Waals surface area contributed by atoms with Crippen LogP contribution in [0.15, 0.2) is 70.1 Å². The predicted molar refractivity (Wildman–Crippen MR) is 104 cm³/mol. The van der Waals surface area contributed by atoms with E-state index in [0.29, 0.717) is 11.5 Å². The van der Waals surface area contributed by atoms with Crippen molar-refractivity contribution in [2.75, 3.05) is 0 Å². The molecule has 128 valence electrons. The number of aromatic nitrogens is 1. The molecule has 1 aromatic heterocycles. The Morgan fingerprint density at radius 1 is 0.962 bits per heavy atom. The summed E-state index contributed by atoms with van der Waals surface area (Å²) in [6.07, 6.45) is 1.66. The fourth-order valence-corrected chi connectivity index (χ4v) is 2.82. The lowest BCUT2D eigenvalue weighted by Crippen LogP contribution is -1.83. The van der Waals surface area contributed by atoms with Gasteiger partial charge in [0.1, 0.15) is 11.3 Å². The van der Waals surface area contributed by atoms with Crippen molar-refractivity contribution in [1.82, 2.24) is 4.98 Å². The Hall–Kier alpha value is -3.40. The van der Waals surface area contributed by atoms with Crippen LogP contribution in [0, 0.1) is 13.8 Å². The van der Waals surface area contributed by atoms with E-state index in [2.05, 4.69) is 9.98 Å². The molecule has 0 spiro atoms. The molecule has 4 rings (SSSR count). The van der Waals surface area contributed by atoms with Crippen LogP contribution in [0.25, 0.3) is 22.6 Å². The van der Waals surface area contributed by atoms with E-state index < -0.39 is 0 Å². The molecule has 0 aliphatic heterocycles. The maximum Gasteiger partial charge on any atom is 0.227 e. The summed E-state index contributed by atoms with van der Waals surface area (Å²) in [4.78, 5) is 9.04. The molecule has 0 amide bonds. The first-order valence-corrected chi connectivity index (χ1v) is 8.40. The van der Waals surface area contributed by atoms with E-state index in [1.807, 2.05) is 68.4 Å². The zero-order valence-corrected chi connectivity index (χ0v) is 14.6. The fraction of sp³-hybridized carbons (Fsp3) is 0.0909. The summed E-state index contributed by atoms with van der Waals surface area (Å²) >= 11 is 0. The zero-order chi connectivity index (χ0) is 18.1. The average Bonchev–Trinajstić information content (AvgIpc) is 3.06. The van der Waals surface area contributed by atoms with Crippen LogP contribution in [0.3, 0.4) is 0 Å². The lowest BCUT2D eigenvalue weighted by atomic mass is 10.1. The highest BCUT2D eigenvalue weighted by molar-refractivity contribution is 5.87. The van der Waals surface area contributed by atoms with Gasteiger partial charge in [0.15, 0.2) is 5.58 Å². The molecule has 0 radical (unpaired) electrons. The summed E-state index contributed by atoms with van der Waals surface area (Å²) in [5.74, 6) is 0.810. The van der Waals surface area contributed by atoms with Gasteiger partial charge < -0.3 is 9.52 Å². The number of nitrogens with zero attached hydrogens (tertiary/aromatic N) is 2. The van der Waals surface area contributed by atoms with Gasteiger partial charge in [-0.1, -0.05) is 29.3 Å². The average molecular weight is 342 g/mol. The number of aliphatic imine (C=N–C) groups is 1. The molecule has 1 heterocycles. The van der Waals surface area contributed by atoms with Gasteiger partial charge in [0.05, 0.1) is 5.69 Å². The monoisotopic (exact) mass is 342 g/mol. The summed E-state index contributed by atoms with van der Waals surface area (Å²) < 4.78 is 5.86. The zero-order valence-electron chi connectivity index (χ0n) is 14.6. The number of aromatic hydroxyl groups is 1. The summed E-state index contributed by atoms with van der Waals surface area (Å²) in [7, 11) is 0. The smallest absolute Gasteiger partial charge is 0.227 e. The second-order valence-corrected chi connectivity index (χ2v) is 6.36. The van der Waals surface area contributed by atoms with Gasteiger partial charge in [-0.2, -0.15) is 0 Å². The van der Waals surface area contributed by atoms with Crippen molar-refractivity contribution in [3.63, 3.8) is 0 Å². The molecule has 0 saturated heterocycles. The van der Waals surface area contributed by atoms with E-state index in [4.69, 9.17) is 4.42 Å². The molecule has 3 aromatic carbocycles. The Balaban J connectivity index is 1.67. The van der Waals surface area contributed by atoms with Crippen LogP contribution in [0.5, 0.6) is 5.75 Å². The summed E-state index contributed by atoms with van der Waals surface area (Å²) in [5, 5.41) is 9.92. The Morgan fingerprint density at radius 3 is 2.65 bits per heavy atom. The molecule has 0 aliphatic rings. The minimum atomic E-state index is 0.212. The van der Waals surface area contributed by atoms with Crippen molar-refractivity contribution >= 4 is 23.0 Å². The van der Waals surface area contributed by atoms with Crippen LogP contribution in [-0.4, -0.2) is 16.3 Å². The van der Waals surface area contributed by atoms with E-state index in [1.165, 1.54) is 0 Å². The first kappa shape index (κ1) is 16.1. The summed E-state index contributed by atoms with van der Waals surface area (Å²) in [6.45, 7) is 4.02. The van der Waals surface area contributed by atoms with E-state index >= 15 is 0 Å². The molecule has 4 heteroatoms. The van der Waals surface area contributed by atoms with Crippen LogP contribution in [0.1, 0.15) is 16.7 Å². The number of phenols is 1. The van der Waals surface area contributed by atoms with Gasteiger partial charge >= 0.3 is 0 Å². The Bertz CT molecular complexity index is 1130. The van der Waals surface area contributed by atoms with E-state index in [-0.39, 0.29) is 5.75 Å². The van der Waals surface area contributed by atoms with Gasteiger partial charge in [0, 0.05) is 17.3 Å². The molecule has 4 aromatic rings. The Kier molecular flexibility index (Phi) is 4.01. The highest BCUT2D eigenvalue weighted by Gasteiger charge is 2.09. The number of hydrogen-bond donors (Lipinski definition) is 1. The Morgan fingerprint density at radius 2 is 1.81 bits per heavy atom. The van der Waals surface area contributed by atoms with Gasteiger partial charge in [0.25, 0.3) is 0 Å². The van der Waals surface area contributed by atoms with E-state index in [9.17, 15) is 5.11 Å². The van der Waals surface area contributed by atoms with Crippen LogP contribution in [0.4, 0.5) is 5.69 Å². The highest BCUT2D eigenvalue weighted by Crippen LogP contribution is 2.28. The molecule has 0 aliphatic carbocycles. The molecule has 1 N–H and O–H groups in total. The minimum Gasteiger partial charge on any atom is -0.507 e. The van der Waals surface area contributed by atoms with Gasteiger partial charge in [-0.05, 0) is 56.3 Å². The third-order valence-corrected chi connectivity index (χ3v) is 4.17. The van der Waals surface area contributed by atoms with Crippen LogP contribution in [0.2, 0.25) is 0 Å². The molecule has 0 fully saturated rings. The molecule has 0 unspecified atom stereocenters. The van der Waals surface area contributed by atoms with Gasteiger partial charge in [-0.3, -0.25) is 4.99 Å². The third kappa shape index (κ3) is 3.22. The number of hydrogen-bond acceptors (Lipinski definition) is 4.